The molecular formula is C18H22N8O. The van der Waals surface area contributed by atoms with E-state index in [1.165, 1.54) is 5.56 Å². The highest BCUT2D eigenvalue weighted by Gasteiger charge is 2.28. The van der Waals surface area contributed by atoms with Crippen LogP contribution < -0.4 is 5.32 Å². The number of nitrogens with zero attached hydrogens (tertiary/aromatic N) is 7. The van der Waals surface area contributed by atoms with E-state index in [0.717, 1.165) is 44.6 Å². The van der Waals surface area contributed by atoms with Crippen molar-refractivity contribution in [1.82, 2.24) is 40.3 Å². The number of aromatic nitrogens is 7. The second kappa shape index (κ2) is 8.07. The molecule has 0 unspecified atom stereocenters. The van der Waals surface area contributed by atoms with E-state index in [1.54, 1.807) is 11.0 Å². The minimum Gasteiger partial charge on any atom is -0.348 e. The molecule has 1 atom stereocenters. The fourth-order valence-electron chi connectivity index (χ4n) is 3.39. The molecule has 2 aromatic heterocycles. The van der Waals surface area contributed by atoms with Gasteiger partial charge >= 0.3 is 0 Å². The maximum Gasteiger partial charge on any atom is 0.231 e. The SMILES string of the molecule is O=C(NCc1nncn1CCc1ccccc1)[C@@H]1CCCCn2nnnc21. The third kappa shape index (κ3) is 4.02. The lowest BCUT2D eigenvalue weighted by Gasteiger charge is -2.13. The Morgan fingerprint density at radius 3 is 2.96 bits per heavy atom. The van der Waals surface area contributed by atoms with E-state index in [-0.39, 0.29) is 11.8 Å². The Hall–Kier alpha value is -3.10. The summed E-state index contributed by atoms with van der Waals surface area (Å²) < 4.78 is 3.71. The van der Waals surface area contributed by atoms with Gasteiger partial charge in [-0.15, -0.1) is 15.3 Å². The number of benzene rings is 1. The van der Waals surface area contributed by atoms with Gasteiger partial charge in [0.15, 0.2) is 11.6 Å². The summed E-state index contributed by atoms with van der Waals surface area (Å²) in [5.41, 5.74) is 1.26. The van der Waals surface area contributed by atoms with Gasteiger partial charge in [0, 0.05) is 13.1 Å². The van der Waals surface area contributed by atoms with Gasteiger partial charge in [-0.1, -0.05) is 36.8 Å². The number of hydrogen-bond acceptors (Lipinski definition) is 6. The zero-order valence-corrected chi connectivity index (χ0v) is 15.0. The van der Waals surface area contributed by atoms with Crippen LogP contribution in [0.2, 0.25) is 0 Å². The van der Waals surface area contributed by atoms with E-state index >= 15 is 0 Å². The molecule has 3 heterocycles. The Balaban J connectivity index is 1.37. The van der Waals surface area contributed by atoms with Gasteiger partial charge in [0.05, 0.1) is 12.5 Å². The summed E-state index contributed by atoms with van der Waals surface area (Å²) >= 11 is 0. The monoisotopic (exact) mass is 366 g/mol. The lowest BCUT2D eigenvalue weighted by atomic mass is 10.0. The fourth-order valence-corrected chi connectivity index (χ4v) is 3.39. The summed E-state index contributed by atoms with van der Waals surface area (Å²) in [5, 5.41) is 22.9. The minimum atomic E-state index is -0.316. The zero-order valence-electron chi connectivity index (χ0n) is 15.0. The molecule has 1 N–H and O–H groups in total. The molecule has 3 aromatic rings. The maximum atomic E-state index is 12.7. The Morgan fingerprint density at radius 1 is 1.19 bits per heavy atom. The summed E-state index contributed by atoms with van der Waals surface area (Å²) in [6.07, 6.45) is 5.30. The first kappa shape index (κ1) is 17.3. The van der Waals surface area contributed by atoms with Gasteiger partial charge in [-0.25, -0.2) is 4.68 Å². The van der Waals surface area contributed by atoms with Crippen LogP contribution in [-0.4, -0.2) is 40.9 Å². The molecule has 0 bridgehead atoms. The minimum absolute atomic E-state index is 0.0643. The predicted octanol–water partition coefficient (Wildman–Crippen LogP) is 1.09. The van der Waals surface area contributed by atoms with Crippen LogP contribution >= 0.6 is 0 Å². The number of rotatable bonds is 6. The lowest BCUT2D eigenvalue weighted by molar-refractivity contribution is -0.123. The zero-order chi connectivity index (χ0) is 18.5. The first-order valence-corrected chi connectivity index (χ1v) is 9.25. The third-order valence-electron chi connectivity index (χ3n) is 4.90. The van der Waals surface area contributed by atoms with Crippen LogP contribution in [-0.2, 0) is 30.8 Å². The van der Waals surface area contributed by atoms with E-state index in [2.05, 4.69) is 43.2 Å². The first-order chi connectivity index (χ1) is 13.3. The van der Waals surface area contributed by atoms with Crippen LogP contribution in [0.3, 0.4) is 0 Å². The second-order valence-electron chi connectivity index (χ2n) is 6.70. The van der Waals surface area contributed by atoms with E-state index in [9.17, 15) is 4.79 Å². The van der Waals surface area contributed by atoms with E-state index in [4.69, 9.17) is 0 Å². The number of carbonyl (C=O) groups is 1. The smallest absolute Gasteiger partial charge is 0.231 e. The maximum absolute atomic E-state index is 12.7. The standard InChI is InChI=1S/C18H22N8O/c27-18(15-8-4-5-10-26-17(15)22-23-24-26)19-12-16-21-20-13-25(16)11-9-14-6-2-1-3-7-14/h1-3,6-7,13,15H,4-5,8-12H2,(H,19,27)/t15-/m1/s1. The van der Waals surface area contributed by atoms with Crippen LogP contribution in [0.25, 0.3) is 0 Å². The normalized spacial score (nSPS) is 16.5. The molecule has 1 aromatic carbocycles. The van der Waals surface area contributed by atoms with Crippen molar-refractivity contribution in [3.05, 3.63) is 53.9 Å². The molecule has 9 nitrogen and oxygen atoms in total. The number of amides is 1. The molecule has 27 heavy (non-hydrogen) atoms. The van der Waals surface area contributed by atoms with Crippen molar-refractivity contribution in [1.29, 1.82) is 0 Å². The van der Waals surface area contributed by atoms with Crippen LogP contribution in [0.4, 0.5) is 0 Å². The van der Waals surface area contributed by atoms with Crippen molar-refractivity contribution in [2.75, 3.05) is 0 Å². The highest BCUT2D eigenvalue weighted by Crippen LogP contribution is 2.24. The summed E-state index contributed by atoms with van der Waals surface area (Å²) in [5.74, 6) is 1.01. The van der Waals surface area contributed by atoms with E-state index < -0.39 is 0 Å². The number of fused-ring (bicyclic) bond motifs is 1. The molecule has 1 amide bonds. The van der Waals surface area contributed by atoms with Gasteiger partial charge in [0.2, 0.25) is 5.91 Å². The molecule has 0 saturated carbocycles. The summed E-state index contributed by atoms with van der Waals surface area (Å²) in [6, 6.07) is 10.3. The van der Waals surface area contributed by atoms with Gasteiger partial charge < -0.3 is 9.88 Å². The lowest BCUT2D eigenvalue weighted by Crippen LogP contribution is -2.31. The van der Waals surface area contributed by atoms with Crippen molar-refractivity contribution in [2.24, 2.45) is 0 Å². The molecule has 140 valence electrons. The average molecular weight is 366 g/mol. The Labute approximate surface area is 156 Å². The van der Waals surface area contributed by atoms with Crippen LogP contribution in [0.15, 0.2) is 36.7 Å². The largest absolute Gasteiger partial charge is 0.348 e. The average Bonchev–Trinajstić information content (AvgIpc) is 3.30. The van der Waals surface area contributed by atoms with Crippen molar-refractivity contribution >= 4 is 5.91 Å². The number of carbonyl (C=O) groups excluding carboxylic acids is 1. The third-order valence-corrected chi connectivity index (χ3v) is 4.90. The molecule has 0 saturated heterocycles. The predicted molar refractivity (Wildman–Crippen MR) is 96.4 cm³/mol. The van der Waals surface area contributed by atoms with Crippen molar-refractivity contribution in [3.63, 3.8) is 0 Å². The molecule has 9 heteroatoms. The van der Waals surface area contributed by atoms with Crippen molar-refractivity contribution < 1.29 is 4.79 Å². The number of nitrogens with one attached hydrogen (secondary N) is 1. The highest BCUT2D eigenvalue weighted by molar-refractivity contribution is 5.82. The Bertz CT molecular complexity index is 888. The first-order valence-electron chi connectivity index (χ1n) is 9.25. The quantitative estimate of drug-likeness (QED) is 0.700. The molecule has 4 rings (SSSR count). The van der Waals surface area contributed by atoms with Gasteiger partial charge in [-0.05, 0) is 35.3 Å². The molecular weight excluding hydrogens is 344 g/mol. The van der Waals surface area contributed by atoms with Crippen LogP contribution in [0, 0.1) is 0 Å². The summed E-state index contributed by atoms with van der Waals surface area (Å²) in [6.45, 7) is 1.87. The van der Waals surface area contributed by atoms with E-state index in [1.807, 2.05) is 22.8 Å². The Morgan fingerprint density at radius 2 is 2.07 bits per heavy atom. The molecule has 0 fully saturated rings. The Kier molecular flexibility index (Phi) is 5.17. The molecule has 1 aliphatic heterocycles. The number of tetrazole rings is 1. The van der Waals surface area contributed by atoms with Crippen molar-refractivity contribution in [3.8, 4) is 0 Å². The molecule has 0 radical (unpaired) electrons. The van der Waals surface area contributed by atoms with Crippen LogP contribution in [0.5, 0.6) is 0 Å². The summed E-state index contributed by atoms with van der Waals surface area (Å²) in [4.78, 5) is 12.7. The second-order valence-corrected chi connectivity index (χ2v) is 6.70. The van der Waals surface area contributed by atoms with Crippen molar-refractivity contribution in [2.45, 2.75) is 51.2 Å². The topological polar surface area (TPSA) is 103 Å². The molecule has 0 aliphatic carbocycles. The van der Waals surface area contributed by atoms with Gasteiger partial charge in [0.1, 0.15) is 6.33 Å². The number of hydrogen-bond donors (Lipinski definition) is 1. The summed E-state index contributed by atoms with van der Waals surface area (Å²) in [7, 11) is 0. The highest BCUT2D eigenvalue weighted by atomic mass is 16.2. The number of aryl methyl sites for hydroxylation is 3. The van der Waals surface area contributed by atoms with Gasteiger partial charge in [-0.2, -0.15) is 0 Å². The van der Waals surface area contributed by atoms with Gasteiger partial charge in [0.25, 0.3) is 0 Å². The molecule has 0 spiro atoms. The van der Waals surface area contributed by atoms with Crippen LogP contribution in [0.1, 0.15) is 42.4 Å². The fraction of sp³-hybridized carbons (Fsp3) is 0.444. The van der Waals surface area contributed by atoms with Gasteiger partial charge in [-0.3, -0.25) is 4.79 Å². The molecule has 1 aliphatic rings. The van der Waals surface area contributed by atoms with E-state index in [0.29, 0.717) is 12.4 Å².